The average Bonchev–Trinajstić information content (AvgIpc) is 2.62. The van der Waals surface area contributed by atoms with Gasteiger partial charge in [-0.05, 0) is 13.3 Å². The largest absolute Gasteiger partial charge is 0.299 e. The fourth-order valence-electron chi connectivity index (χ4n) is 0.938. The highest BCUT2D eigenvalue weighted by Gasteiger charge is 2.12. The molecule has 0 spiro atoms. The van der Waals surface area contributed by atoms with Crippen LogP contribution in [0, 0.1) is 0 Å². The second kappa shape index (κ2) is 6.02. The maximum atomic E-state index is 11.2. The van der Waals surface area contributed by atoms with Crippen LogP contribution >= 0.6 is 22.9 Å². The second-order valence-electron chi connectivity index (χ2n) is 3.21. The summed E-state index contributed by atoms with van der Waals surface area (Å²) >= 11 is 7.02. The van der Waals surface area contributed by atoms with Gasteiger partial charge >= 0.3 is 0 Å². The minimum Gasteiger partial charge on any atom is -0.299 e. The van der Waals surface area contributed by atoms with Crippen LogP contribution in [0.2, 0.25) is 0 Å². The maximum Gasteiger partial charge on any atom is 0.243 e. The summed E-state index contributed by atoms with van der Waals surface area (Å²) in [6, 6.07) is 0. The third-order valence-corrected chi connectivity index (χ3v) is 2.90. The first-order valence-electron chi connectivity index (χ1n) is 4.90. The Morgan fingerprint density at radius 1 is 1.60 bits per heavy atom. The molecule has 1 atom stereocenters. The average molecular weight is 248 g/mol. The first-order chi connectivity index (χ1) is 7.13. The molecule has 0 bridgehead atoms. The van der Waals surface area contributed by atoms with Crippen LogP contribution in [0.15, 0.2) is 0 Å². The van der Waals surface area contributed by atoms with Crippen LogP contribution < -0.4 is 5.32 Å². The molecule has 1 aromatic heterocycles. The number of hydrogen-bond acceptors (Lipinski definition) is 4. The number of halogens is 1. The molecule has 0 fully saturated rings. The number of aromatic nitrogens is 2. The van der Waals surface area contributed by atoms with E-state index in [4.69, 9.17) is 11.6 Å². The number of carbonyl (C=O) groups excluding carboxylic acids is 1. The zero-order valence-electron chi connectivity index (χ0n) is 8.79. The highest BCUT2D eigenvalue weighted by molar-refractivity contribution is 7.15. The van der Waals surface area contributed by atoms with Crippen molar-refractivity contribution in [2.45, 2.75) is 38.5 Å². The van der Waals surface area contributed by atoms with Crippen molar-refractivity contribution in [2.75, 3.05) is 5.32 Å². The van der Waals surface area contributed by atoms with Gasteiger partial charge in [0, 0.05) is 6.42 Å². The first-order valence-corrected chi connectivity index (χ1v) is 6.16. The molecule has 1 aromatic rings. The zero-order chi connectivity index (χ0) is 11.3. The fourth-order valence-corrected chi connectivity index (χ4v) is 1.78. The normalized spacial score (nSPS) is 12.5. The van der Waals surface area contributed by atoms with Crippen molar-refractivity contribution in [1.82, 2.24) is 10.2 Å². The summed E-state index contributed by atoms with van der Waals surface area (Å²) < 4.78 is 0. The number of amides is 1. The predicted octanol–water partition coefficient (Wildman–Crippen LogP) is 2.45. The van der Waals surface area contributed by atoms with E-state index in [0.717, 1.165) is 24.3 Å². The molecule has 0 radical (unpaired) electrons. The van der Waals surface area contributed by atoms with E-state index in [2.05, 4.69) is 22.4 Å². The summed E-state index contributed by atoms with van der Waals surface area (Å²) in [5.41, 5.74) is 0. The van der Waals surface area contributed by atoms with Crippen molar-refractivity contribution in [3.8, 4) is 0 Å². The SMILES string of the molecule is CCCCc1nnc(NC(=O)C(C)Cl)s1. The second-order valence-corrected chi connectivity index (χ2v) is 4.93. The number of alkyl halides is 1. The topological polar surface area (TPSA) is 54.9 Å². The van der Waals surface area contributed by atoms with Crippen LogP contribution in [0.3, 0.4) is 0 Å². The van der Waals surface area contributed by atoms with Crippen molar-refractivity contribution < 1.29 is 4.79 Å². The van der Waals surface area contributed by atoms with Gasteiger partial charge in [-0.25, -0.2) is 0 Å². The smallest absolute Gasteiger partial charge is 0.243 e. The predicted molar refractivity (Wildman–Crippen MR) is 62.5 cm³/mol. The molecule has 0 saturated heterocycles. The number of carbonyl (C=O) groups is 1. The Morgan fingerprint density at radius 2 is 2.33 bits per heavy atom. The molecular formula is C9H14ClN3OS. The lowest BCUT2D eigenvalue weighted by Gasteiger charge is -2.00. The quantitative estimate of drug-likeness (QED) is 0.814. The minimum atomic E-state index is -0.548. The van der Waals surface area contributed by atoms with Crippen LogP contribution in [0.5, 0.6) is 0 Å². The van der Waals surface area contributed by atoms with Crippen molar-refractivity contribution in [1.29, 1.82) is 0 Å². The fraction of sp³-hybridized carbons (Fsp3) is 0.667. The molecule has 1 heterocycles. The van der Waals surface area contributed by atoms with Gasteiger partial charge in [0.15, 0.2) is 0 Å². The van der Waals surface area contributed by atoms with Gasteiger partial charge in [0.1, 0.15) is 10.4 Å². The lowest BCUT2D eigenvalue weighted by atomic mass is 10.3. The Bertz CT molecular complexity index is 327. The number of rotatable bonds is 5. The molecule has 0 saturated carbocycles. The number of hydrogen-bond donors (Lipinski definition) is 1. The number of anilines is 1. The molecule has 15 heavy (non-hydrogen) atoms. The van der Waals surface area contributed by atoms with E-state index in [1.54, 1.807) is 6.92 Å². The molecule has 6 heteroatoms. The zero-order valence-corrected chi connectivity index (χ0v) is 10.4. The van der Waals surface area contributed by atoms with Gasteiger partial charge in [0.2, 0.25) is 11.0 Å². The van der Waals surface area contributed by atoms with E-state index in [9.17, 15) is 4.79 Å². The Hall–Kier alpha value is -0.680. The van der Waals surface area contributed by atoms with Gasteiger partial charge in [0.25, 0.3) is 0 Å². The maximum absolute atomic E-state index is 11.2. The molecule has 84 valence electrons. The Kier molecular flexibility index (Phi) is 4.98. The highest BCUT2D eigenvalue weighted by Crippen LogP contribution is 2.17. The summed E-state index contributed by atoms with van der Waals surface area (Å²) in [4.78, 5) is 11.2. The van der Waals surface area contributed by atoms with Crippen LogP contribution in [-0.4, -0.2) is 21.5 Å². The Labute approximate surface area is 98.0 Å². The lowest BCUT2D eigenvalue weighted by Crippen LogP contribution is -2.20. The Balaban J connectivity index is 2.49. The lowest BCUT2D eigenvalue weighted by molar-refractivity contribution is -0.115. The number of nitrogens with zero attached hydrogens (tertiary/aromatic N) is 2. The number of aryl methyl sites for hydroxylation is 1. The van der Waals surface area contributed by atoms with Crippen molar-refractivity contribution in [3.05, 3.63) is 5.01 Å². The molecular weight excluding hydrogens is 234 g/mol. The minimum absolute atomic E-state index is 0.241. The molecule has 1 unspecified atom stereocenters. The molecule has 0 aliphatic heterocycles. The van der Waals surface area contributed by atoms with Crippen LogP contribution in [0.4, 0.5) is 5.13 Å². The highest BCUT2D eigenvalue weighted by atomic mass is 35.5. The van der Waals surface area contributed by atoms with E-state index in [0.29, 0.717) is 5.13 Å². The molecule has 0 aromatic carbocycles. The molecule has 1 rings (SSSR count). The summed E-state index contributed by atoms with van der Waals surface area (Å²) in [5.74, 6) is -0.241. The van der Waals surface area contributed by atoms with Crippen LogP contribution in [0.1, 0.15) is 31.7 Å². The van der Waals surface area contributed by atoms with Gasteiger partial charge in [-0.3, -0.25) is 10.1 Å². The van der Waals surface area contributed by atoms with E-state index >= 15 is 0 Å². The van der Waals surface area contributed by atoms with Crippen LogP contribution in [-0.2, 0) is 11.2 Å². The summed E-state index contributed by atoms with van der Waals surface area (Å²) in [6.45, 7) is 3.74. The standard InChI is InChI=1S/C9H14ClN3OS/c1-3-4-5-7-12-13-9(15-7)11-8(14)6(2)10/h6H,3-5H2,1-2H3,(H,11,13,14). The Morgan fingerprint density at radius 3 is 2.93 bits per heavy atom. The molecule has 0 aliphatic carbocycles. The van der Waals surface area contributed by atoms with Gasteiger partial charge in [-0.2, -0.15) is 0 Å². The summed E-state index contributed by atoms with van der Waals surface area (Å²) in [6.07, 6.45) is 3.13. The van der Waals surface area contributed by atoms with E-state index < -0.39 is 5.38 Å². The monoisotopic (exact) mass is 247 g/mol. The number of nitrogens with one attached hydrogen (secondary N) is 1. The van der Waals surface area contributed by atoms with E-state index in [-0.39, 0.29) is 5.91 Å². The van der Waals surface area contributed by atoms with E-state index in [1.165, 1.54) is 11.3 Å². The molecule has 1 amide bonds. The number of unbranched alkanes of at least 4 members (excludes halogenated alkanes) is 1. The van der Waals surface area contributed by atoms with Crippen molar-refractivity contribution in [2.24, 2.45) is 0 Å². The third kappa shape index (κ3) is 4.13. The van der Waals surface area contributed by atoms with Gasteiger partial charge in [-0.15, -0.1) is 21.8 Å². The van der Waals surface area contributed by atoms with Gasteiger partial charge < -0.3 is 0 Å². The molecule has 1 N–H and O–H groups in total. The molecule has 4 nitrogen and oxygen atoms in total. The van der Waals surface area contributed by atoms with Gasteiger partial charge in [0.05, 0.1) is 0 Å². The van der Waals surface area contributed by atoms with Gasteiger partial charge in [-0.1, -0.05) is 24.7 Å². The summed E-state index contributed by atoms with van der Waals surface area (Å²) in [5, 5.41) is 11.4. The summed E-state index contributed by atoms with van der Waals surface area (Å²) in [7, 11) is 0. The molecule has 0 aliphatic rings. The first kappa shape index (κ1) is 12.4. The van der Waals surface area contributed by atoms with Crippen LogP contribution in [0.25, 0.3) is 0 Å². The van der Waals surface area contributed by atoms with E-state index in [1.807, 2.05) is 0 Å². The third-order valence-electron chi connectivity index (χ3n) is 1.80. The van der Waals surface area contributed by atoms with Crippen molar-refractivity contribution >= 4 is 34.0 Å². The van der Waals surface area contributed by atoms with Crippen molar-refractivity contribution in [3.63, 3.8) is 0 Å².